The molecular formula is C15H14N4O3S. The number of carbonyl (C=O) groups is 1. The van der Waals surface area contributed by atoms with Crippen molar-refractivity contribution in [2.24, 2.45) is 0 Å². The summed E-state index contributed by atoms with van der Waals surface area (Å²) in [6, 6.07) is 6.76. The van der Waals surface area contributed by atoms with Gasteiger partial charge in [-0.15, -0.1) is 11.3 Å². The minimum atomic E-state index is -0.599. The van der Waals surface area contributed by atoms with Gasteiger partial charge in [0.25, 0.3) is 5.91 Å². The molecule has 118 valence electrons. The van der Waals surface area contributed by atoms with E-state index in [2.05, 4.69) is 20.4 Å². The van der Waals surface area contributed by atoms with E-state index in [1.807, 2.05) is 24.3 Å². The van der Waals surface area contributed by atoms with Gasteiger partial charge in [0, 0.05) is 17.9 Å². The van der Waals surface area contributed by atoms with E-state index in [4.69, 9.17) is 9.26 Å². The minimum Gasteiger partial charge on any atom is -0.496 e. The van der Waals surface area contributed by atoms with Crippen LogP contribution in [0.2, 0.25) is 0 Å². The molecular weight excluding hydrogens is 316 g/mol. The lowest BCUT2D eigenvalue weighted by atomic mass is 10.0. The van der Waals surface area contributed by atoms with Crippen molar-refractivity contribution in [3.8, 4) is 5.75 Å². The number of methoxy groups -OCH3 is 1. The van der Waals surface area contributed by atoms with Crippen LogP contribution in [0.25, 0.3) is 0 Å². The smallest absolute Gasteiger partial charge is 0.271 e. The van der Waals surface area contributed by atoms with Crippen LogP contribution in [0.4, 0.5) is 0 Å². The maximum Gasteiger partial charge on any atom is 0.271 e. The molecule has 23 heavy (non-hydrogen) atoms. The van der Waals surface area contributed by atoms with E-state index >= 15 is 0 Å². The van der Waals surface area contributed by atoms with Crippen molar-refractivity contribution in [1.82, 2.24) is 20.4 Å². The summed E-state index contributed by atoms with van der Waals surface area (Å²) in [5.41, 5.74) is 2.68. The molecule has 0 unspecified atom stereocenters. The number of thiazole rings is 1. The molecule has 0 fully saturated rings. The van der Waals surface area contributed by atoms with Crippen molar-refractivity contribution in [3.05, 3.63) is 58.1 Å². The monoisotopic (exact) mass is 330 g/mol. The Morgan fingerprint density at radius 3 is 2.87 bits per heavy atom. The fourth-order valence-electron chi connectivity index (χ4n) is 2.15. The van der Waals surface area contributed by atoms with Gasteiger partial charge >= 0.3 is 0 Å². The van der Waals surface area contributed by atoms with E-state index in [-0.39, 0.29) is 5.91 Å². The summed E-state index contributed by atoms with van der Waals surface area (Å²) in [4.78, 5) is 20.6. The molecule has 0 radical (unpaired) electrons. The van der Waals surface area contributed by atoms with Crippen molar-refractivity contribution in [2.45, 2.75) is 13.0 Å². The minimum absolute atomic E-state index is 0.315. The number of benzene rings is 1. The van der Waals surface area contributed by atoms with Gasteiger partial charge in [0.15, 0.2) is 5.82 Å². The zero-order chi connectivity index (χ0) is 16.2. The Morgan fingerprint density at radius 1 is 1.39 bits per heavy atom. The maximum absolute atomic E-state index is 12.4. The molecule has 3 rings (SSSR count). The van der Waals surface area contributed by atoms with Crippen LogP contribution in [-0.2, 0) is 0 Å². The van der Waals surface area contributed by atoms with Gasteiger partial charge in [-0.3, -0.25) is 4.79 Å². The van der Waals surface area contributed by atoms with Crippen molar-refractivity contribution >= 4 is 17.2 Å². The first-order valence-corrected chi connectivity index (χ1v) is 7.75. The summed E-state index contributed by atoms with van der Waals surface area (Å²) < 4.78 is 10.4. The van der Waals surface area contributed by atoms with Crippen molar-refractivity contribution in [1.29, 1.82) is 0 Å². The molecule has 3 aromatic rings. The van der Waals surface area contributed by atoms with Gasteiger partial charge in [-0.25, -0.2) is 4.98 Å². The molecule has 7 nitrogen and oxygen atoms in total. The number of para-hydroxylation sites is 1. The van der Waals surface area contributed by atoms with Gasteiger partial charge in [0.2, 0.25) is 5.89 Å². The first kappa shape index (κ1) is 15.2. The van der Waals surface area contributed by atoms with Crippen LogP contribution in [0.15, 0.2) is 39.7 Å². The molecule has 0 aliphatic carbocycles. The number of rotatable bonds is 5. The number of amides is 1. The fourth-order valence-corrected chi connectivity index (χ4v) is 2.68. The number of aromatic nitrogens is 3. The van der Waals surface area contributed by atoms with Gasteiger partial charge in [-0.2, -0.15) is 4.98 Å². The second-order valence-electron chi connectivity index (χ2n) is 4.69. The summed E-state index contributed by atoms with van der Waals surface area (Å²) in [6.07, 6.45) is 0. The van der Waals surface area contributed by atoms with E-state index in [1.165, 1.54) is 11.3 Å². The van der Waals surface area contributed by atoms with Crippen LogP contribution in [-0.4, -0.2) is 28.1 Å². The Labute approximate surface area is 136 Å². The van der Waals surface area contributed by atoms with Crippen LogP contribution < -0.4 is 10.1 Å². The Hall–Kier alpha value is -2.74. The average molecular weight is 330 g/mol. The number of hydrogen-bond donors (Lipinski definition) is 1. The lowest BCUT2D eigenvalue weighted by Crippen LogP contribution is -2.30. The molecule has 0 saturated carbocycles. The third-order valence-corrected chi connectivity index (χ3v) is 3.78. The quantitative estimate of drug-likeness (QED) is 0.772. The summed E-state index contributed by atoms with van der Waals surface area (Å²) >= 11 is 1.35. The van der Waals surface area contributed by atoms with Gasteiger partial charge in [-0.05, 0) is 6.07 Å². The lowest BCUT2D eigenvalue weighted by Gasteiger charge is -2.18. The van der Waals surface area contributed by atoms with Crippen LogP contribution in [0.5, 0.6) is 5.75 Å². The Balaban J connectivity index is 1.99. The summed E-state index contributed by atoms with van der Waals surface area (Å²) in [7, 11) is 1.57. The second-order valence-corrected chi connectivity index (χ2v) is 5.41. The molecule has 0 spiro atoms. The highest BCUT2D eigenvalue weighted by molar-refractivity contribution is 7.07. The Morgan fingerprint density at radius 2 is 2.22 bits per heavy atom. The number of hydrogen-bond acceptors (Lipinski definition) is 7. The summed E-state index contributed by atoms with van der Waals surface area (Å²) in [5, 5.41) is 8.49. The van der Waals surface area contributed by atoms with Crippen LogP contribution >= 0.6 is 11.3 Å². The fraction of sp³-hybridized carbons (Fsp3) is 0.200. The van der Waals surface area contributed by atoms with Crippen molar-refractivity contribution in [2.75, 3.05) is 7.11 Å². The van der Waals surface area contributed by atoms with Crippen LogP contribution in [0.3, 0.4) is 0 Å². The second kappa shape index (κ2) is 6.57. The summed E-state index contributed by atoms with van der Waals surface area (Å²) in [5.74, 6) is 1.08. The van der Waals surface area contributed by atoms with E-state index < -0.39 is 6.04 Å². The molecule has 0 bridgehead atoms. The van der Waals surface area contributed by atoms with Crippen LogP contribution in [0, 0.1) is 6.92 Å². The number of carbonyl (C=O) groups excluding carboxylic acids is 1. The molecule has 0 aliphatic heterocycles. The Bertz CT molecular complexity index is 801. The SMILES string of the molecule is COc1ccccc1[C@@H](NC(=O)c1cscn1)c1noc(C)n1. The van der Waals surface area contributed by atoms with Crippen molar-refractivity contribution in [3.63, 3.8) is 0 Å². The number of nitrogens with zero attached hydrogens (tertiary/aromatic N) is 3. The molecule has 1 atom stereocenters. The lowest BCUT2D eigenvalue weighted by molar-refractivity contribution is 0.0936. The third kappa shape index (κ3) is 3.21. The standard InChI is InChI=1S/C15H14N4O3S/c1-9-17-14(19-22-9)13(10-5-3-4-6-12(10)21-2)18-15(20)11-7-23-8-16-11/h3-8,13H,1-2H3,(H,18,20)/t13-/m1/s1. The van der Waals surface area contributed by atoms with E-state index in [0.717, 1.165) is 5.56 Å². The third-order valence-electron chi connectivity index (χ3n) is 3.19. The number of nitrogens with one attached hydrogen (secondary N) is 1. The van der Waals surface area contributed by atoms with Crippen LogP contribution in [0.1, 0.15) is 33.8 Å². The predicted molar refractivity (Wildman–Crippen MR) is 83.5 cm³/mol. The highest BCUT2D eigenvalue weighted by atomic mass is 32.1. The van der Waals surface area contributed by atoms with E-state index in [0.29, 0.717) is 23.2 Å². The Kier molecular flexibility index (Phi) is 4.33. The zero-order valence-corrected chi connectivity index (χ0v) is 13.3. The van der Waals surface area contributed by atoms with E-state index in [9.17, 15) is 4.79 Å². The topological polar surface area (TPSA) is 90.1 Å². The van der Waals surface area contributed by atoms with Gasteiger partial charge < -0.3 is 14.6 Å². The number of aryl methyl sites for hydroxylation is 1. The predicted octanol–water partition coefficient (Wildman–Crippen LogP) is 2.36. The van der Waals surface area contributed by atoms with Gasteiger partial charge in [-0.1, -0.05) is 23.4 Å². The first-order valence-electron chi connectivity index (χ1n) is 6.81. The highest BCUT2D eigenvalue weighted by Gasteiger charge is 2.25. The van der Waals surface area contributed by atoms with E-state index in [1.54, 1.807) is 24.9 Å². The maximum atomic E-state index is 12.4. The van der Waals surface area contributed by atoms with Gasteiger partial charge in [0.1, 0.15) is 17.5 Å². The largest absolute Gasteiger partial charge is 0.496 e. The highest BCUT2D eigenvalue weighted by Crippen LogP contribution is 2.28. The average Bonchev–Trinajstić information content (AvgIpc) is 3.24. The molecule has 0 aliphatic rings. The molecule has 1 amide bonds. The number of ether oxygens (including phenoxy) is 1. The molecule has 1 aromatic carbocycles. The van der Waals surface area contributed by atoms with Gasteiger partial charge in [0.05, 0.1) is 12.6 Å². The first-order chi connectivity index (χ1) is 11.2. The molecule has 8 heteroatoms. The van der Waals surface area contributed by atoms with Crippen molar-refractivity contribution < 1.29 is 14.1 Å². The zero-order valence-electron chi connectivity index (χ0n) is 12.5. The molecule has 2 aromatic heterocycles. The summed E-state index contributed by atoms with van der Waals surface area (Å²) in [6.45, 7) is 1.69. The molecule has 1 N–H and O–H groups in total. The normalized spacial score (nSPS) is 11.9. The molecule has 2 heterocycles. The molecule has 0 saturated heterocycles.